The molecule has 0 atom stereocenters. The summed E-state index contributed by atoms with van der Waals surface area (Å²) in [4.78, 5) is 10.7. The van der Waals surface area contributed by atoms with Crippen molar-refractivity contribution in [3.63, 3.8) is 0 Å². The molecule has 1 amide bonds. The van der Waals surface area contributed by atoms with E-state index in [9.17, 15) is 4.79 Å². The second-order valence-corrected chi connectivity index (χ2v) is 2.55. The Hall–Kier alpha value is -0.630. The molecule has 0 aliphatic heterocycles. The van der Waals surface area contributed by atoms with Crippen LogP contribution in [0.3, 0.4) is 0 Å². The minimum Gasteiger partial charge on any atom is -0.264 e. The third-order valence-electron chi connectivity index (χ3n) is 0.836. The SMILES string of the molecule is C=CC(=O)[N+](C)(C)C. The van der Waals surface area contributed by atoms with Gasteiger partial charge in [0.05, 0.1) is 21.1 Å². The van der Waals surface area contributed by atoms with E-state index in [0.29, 0.717) is 4.48 Å². The third-order valence-corrected chi connectivity index (χ3v) is 0.836. The number of hydrogen-bond donors (Lipinski definition) is 0. The van der Waals surface area contributed by atoms with Gasteiger partial charge in [-0.2, -0.15) is 0 Å². The molecule has 0 bridgehead atoms. The van der Waals surface area contributed by atoms with E-state index in [1.165, 1.54) is 6.08 Å². The molecule has 0 aromatic rings. The Bertz CT molecular complexity index is 110. The summed E-state index contributed by atoms with van der Waals surface area (Å²) >= 11 is 0. The number of nitrogens with zero attached hydrogens (tertiary/aromatic N) is 1. The van der Waals surface area contributed by atoms with Gasteiger partial charge in [0.25, 0.3) is 0 Å². The molecule has 0 aliphatic rings. The lowest BCUT2D eigenvalue weighted by Crippen LogP contribution is -2.39. The molecular weight excluding hydrogens is 102 g/mol. The van der Waals surface area contributed by atoms with Crippen molar-refractivity contribution in [1.82, 2.24) is 0 Å². The lowest BCUT2D eigenvalue weighted by molar-refractivity contribution is -0.789. The van der Waals surface area contributed by atoms with Gasteiger partial charge in [0.1, 0.15) is 0 Å². The van der Waals surface area contributed by atoms with Crippen LogP contribution in [0.1, 0.15) is 0 Å². The van der Waals surface area contributed by atoms with Crippen LogP contribution >= 0.6 is 0 Å². The van der Waals surface area contributed by atoms with Crippen molar-refractivity contribution in [3.8, 4) is 0 Å². The summed E-state index contributed by atoms with van der Waals surface area (Å²) in [6.07, 6.45) is 1.33. The maximum Gasteiger partial charge on any atom is 0.337 e. The molecule has 0 aliphatic carbocycles. The summed E-state index contributed by atoms with van der Waals surface area (Å²) in [5, 5.41) is 0. The molecule has 0 heterocycles. The quantitative estimate of drug-likeness (QED) is 0.356. The highest BCUT2D eigenvalue weighted by Gasteiger charge is 2.14. The van der Waals surface area contributed by atoms with Crippen molar-refractivity contribution < 1.29 is 9.28 Å². The van der Waals surface area contributed by atoms with Crippen LogP contribution < -0.4 is 0 Å². The molecule has 0 saturated carbocycles. The maximum atomic E-state index is 10.7. The Balaban J connectivity index is 4.02. The highest BCUT2D eigenvalue weighted by atomic mass is 16.2. The maximum absolute atomic E-state index is 10.7. The molecule has 0 fully saturated rings. The van der Waals surface area contributed by atoms with Crippen LogP contribution in [0.5, 0.6) is 0 Å². The lowest BCUT2D eigenvalue weighted by atomic mass is 10.5. The lowest BCUT2D eigenvalue weighted by Gasteiger charge is -2.17. The Kier molecular flexibility index (Phi) is 1.93. The van der Waals surface area contributed by atoms with Crippen LogP contribution in [0.2, 0.25) is 0 Å². The number of carbonyl (C=O) groups excluding carboxylic acids is 1. The summed E-state index contributed by atoms with van der Waals surface area (Å²) in [6, 6.07) is 0. The number of likely N-dealkylation sites (N-methyl/N-ethyl adjacent to an activating group) is 1. The predicted octanol–water partition coefficient (Wildman–Crippen LogP) is 0.405. The second-order valence-electron chi connectivity index (χ2n) is 2.55. The molecule has 2 nitrogen and oxygen atoms in total. The standard InChI is InChI=1S/C6H12NO/c1-5-6(8)7(2,3)4/h5H,1H2,2-4H3/q+1. The molecule has 0 aromatic carbocycles. The van der Waals surface area contributed by atoms with Gasteiger partial charge in [0, 0.05) is 6.08 Å². The zero-order valence-corrected chi connectivity index (χ0v) is 5.64. The Morgan fingerprint density at radius 2 is 1.88 bits per heavy atom. The van der Waals surface area contributed by atoms with Crippen LogP contribution in [0.25, 0.3) is 0 Å². The first-order valence-electron chi connectivity index (χ1n) is 2.47. The van der Waals surface area contributed by atoms with E-state index in [-0.39, 0.29) is 5.91 Å². The normalized spacial score (nSPS) is 10.9. The van der Waals surface area contributed by atoms with Crippen molar-refractivity contribution in [3.05, 3.63) is 12.7 Å². The van der Waals surface area contributed by atoms with Crippen LogP contribution in [-0.2, 0) is 4.79 Å². The Morgan fingerprint density at radius 3 is 1.88 bits per heavy atom. The average molecular weight is 114 g/mol. The second kappa shape index (κ2) is 2.09. The van der Waals surface area contributed by atoms with Crippen molar-refractivity contribution in [2.45, 2.75) is 0 Å². The van der Waals surface area contributed by atoms with Crippen LogP contribution in [0.4, 0.5) is 0 Å². The van der Waals surface area contributed by atoms with E-state index in [1.807, 2.05) is 21.1 Å². The van der Waals surface area contributed by atoms with Gasteiger partial charge < -0.3 is 0 Å². The van der Waals surface area contributed by atoms with Crippen LogP contribution in [-0.4, -0.2) is 31.5 Å². The summed E-state index contributed by atoms with van der Waals surface area (Å²) in [6.45, 7) is 3.36. The van der Waals surface area contributed by atoms with Gasteiger partial charge in [-0.25, -0.2) is 4.79 Å². The van der Waals surface area contributed by atoms with E-state index in [2.05, 4.69) is 6.58 Å². The fourth-order valence-corrected chi connectivity index (χ4v) is 0.274. The van der Waals surface area contributed by atoms with Gasteiger partial charge in [-0.1, -0.05) is 6.58 Å². The summed E-state index contributed by atoms with van der Waals surface area (Å²) in [7, 11) is 5.43. The summed E-state index contributed by atoms with van der Waals surface area (Å²) in [5.41, 5.74) is 0. The minimum atomic E-state index is 0.0324. The molecule has 0 rings (SSSR count). The minimum absolute atomic E-state index is 0.0324. The third kappa shape index (κ3) is 1.89. The number of carbonyl (C=O) groups is 1. The van der Waals surface area contributed by atoms with E-state index >= 15 is 0 Å². The van der Waals surface area contributed by atoms with E-state index in [1.54, 1.807) is 0 Å². The zero-order chi connectivity index (χ0) is 6.78. The molecular formula is C6H12NO+. The highest BCUT2D eigenvalue weighted by Crippen LogP contribution is 1.90. The van der Waals surface area contributed by atoms with Gasteiger partial charge in [-0.3, -0.25) is 4.48 Å². The van der Waals surface area contributed by atoms with Gasteiger partial charge >= 0.3 is 5.91 Å². The zero-order valence-electron chi connectivity index (χ0n) is 5.64. The molecule has 0 saturated heterocycles. The molecule has 0 N–H and O–H groups in total. The summed E-state index contributed by atoms with van der Waals surface area (Å²) < 4.78 is 0.323. The van der Waals surface area contributed by atoms with Gasteiger partial charge in [0.15, 0.2) is 0 Å². The van der Waals surface area contributed by atoms with E-state index in [0.717, 1.165) is 0 Å². The molecule has 2 heteroatoms. The first kappa shape index (κ1) is 7.37. The number of rotatable bonds is 1. The van der Waals surface area contributed by atoms with Crippen molar-refractivity contribution >= 4 is 5.91 Å². The van der Waals surface area contributed by atoms with Crippen LogP contribution in [0, 0.1) is 0 Å². The topological polar surface area (TPSA) is 17.1 Å². The average Bonchev–Trinajstić information content (AvgIpc) is 1.62. The van der Waals surface area contributed by atoms with Gasteiger partial charge in [-0.05, 0) is 0 Å². The largest absolute Gasteiger partial charge is 0.337 e. The Morgan fingerprint density at radius 1 is 1.50 bits per heavy atom. The van der Waals surface area contributed by atoms with E-state index in [4.69, 9.17) is 0 Å². The molecule has 0 radical (unpaired) electrons. The Labute approximate surface area is 50.0 Å². The summed E-state index contributed by atoms with van der Waals surface area (Å²) in [5.74, 6) is 0.0324. The molecule has 0 aromatic heterocycles. The first-order valence-corrected chi connectivity index (χ1v) is 2.47. The number of hydrogen-bond acceptors (Lipinski definition) is 1. The fraction of sp³-hybridized carbons (Fsp3) is 0.500. The van der Waals surface area contributed by atoms with Gasteiger partial charge in [-0.15, -0.1) is 0 Å². The first-order chi connectivity index (χ1) is 3.48. The van der Waals surface area contributed by atoms with Crippen LogP contribution in [0.15, 0.2) is 12.7 Å². The molecule has 0 unspecified atom stereocenters. The number of amides is 1. The predicted molar refractivity (Wildman–Crippen MR) is 33.2 cm³/mol. The molecule has 0 spiro atoms. The van der Waals surface area contributed by atoms with Gasteiger partial charge in [0.2, 0.25) is 0 Å². The highest BCUT2D eigenvalue weighted by molar-refractivity contribution is 5.80. The monoisotopic (exact) mass is 114 g/mol. The fourth-order valence-electron chi connectivity index (χ4n) is 0.274. The van der Waals surface area contributed by atoms with E-state index < -0.39 is 0 Å². The van der Waals surface area contributed by atoms with Crippen molar-refractivity contribution in [2.24, 2.45) is 0 Å². The molecule has 8 heavy (non-hydrogen) atoms. The number of quaternary nitrogens is 1. The molecule has 46 valence electrons. The van der Waals surface area contributed by atoms with Crippen molar-refractivity contribution in [2.75, 3.05) is 21.1 Å². The smallest absolute Gasteiger partial charge is 0.264 e. The van der Waals surface area contributed by atoms with Crippen molar-refractivity contribution in [1.29, 1.82) is 0 Å².